The van der Waals surface area contributed by atoms with Gasteiger partial charge in [0.2, 0.25) is 0 Å². The van der Waals surface area contributed by atoms with Gasteiger partial charge in [0.15, 0.2) is 0 Å². The van der Waals surface area contributed by atoms with Crippen molar-refractivity contribution in [3.63, 3.8) is 0 Å². The summed E-state index contributed by atoms with van der Waals surface area (Å²) in [6.07, 6.45) is 3.70. The average Bonchev–Trinajstić information content (AvgIpc) is 2.68. The van der Waals surface area contributed by atoms with E-state index in [1.807, 2.05) is 0 Å². The Morgan fingerprint density at radius 3 is 2.71 bits per heavy atom. The third kappa shape index (κ3) is 2.47. The fourth-order valence-electron chi connectivity index (χ4n) is 2.60. The van der Waals surface area contributed by atoms with Crippen molar-refractivity contribution >= 4 is 0 Å². The third-order valence-corrected chi connectivity index (χ3v) is 3.42. The minimum atomic E-state index is 0.293. The molecule has 0 fully saturated rings. The van der Waals surface area contributed by atoms with E-state index >= 15 is 0 Å². The van der Waals surface area contributed by atoms with Gasteiger partial charge in [0.05, 0.1) is 6.04 Å². The lowest BCUT2D eigenvalue weighted by Gasteiger charge is -2.18. The zero-order valence-electron chi connectivity index (χ0n) is 11.1. The molecule has 17 heavy (non-hydrogen) atoms. The SMILES string of the molecule is CCCc1ccc2c(c1)C(NCC)C(CC)O2. The zero-order chi connectivity index (χ0) is 12.3. The minimum Gasteiger partial charge on any atom is -0.488 e. The number of hydrogen-bond acceptors (Lipinski definition) is 2. The van der Waals surface area contributed by atoms with Crippen LogP contribution in [0.15, 0.2) is 18.2 Å². The number of benzene rings is 1. The first-order valence-electron chi connectivity index (χ1n) is 6.83. The predicted octanol–water partition coefficient (Wildman–Crippen LogP) is 3.46. The number of rotatable bonds is 5. The van der Waals surface area contributed by atoms with Crippen LogP contribution in [-0.4, -0.2) is 12.6 Å². The molecule has 2 nitrogen and oxygen atoms in total. The largest absolute Gasteiger partial charge is 0.488 e. The van der Waals surface area contributed by atoms with Gasteiger partial charge >= 0.3 is 0 Å². The summed E-state index contributed by atoms with van der Waals surface area (Å²) >= 11 is 0. The average molecular weight is 233 g/mol. The predicted molar refractivity (Wildman–Crippen MR) is 71.6 cm³/mol. The molecule has 0 aromatic heterocycles. The lowest BCUT2D eigenvalue weighted by molar-refractivity contribution is 0.186. The molecule has 0 spiro atoms. The summed E-state index contributed by atoms with van der Waals surface area (Å²) in [5.74, 6) is 1.07. The van der Waals surface area contributed by atoms with E-state index in [1.165, 1.54) is 17.5 Å². The molecule has 1 heterocycles. The van der Waals surface area contributed by atoms with Crippen LogP contribution in [0, 0.1) is 0 Å². The lowest BCUT2D eigenvalue weighted by Crippen LogP contribution is -2.30. The van der Waals surface area contributed by atoms with Gasteiger partial charge in [-0.25, -0.2) is 0 Å². The van der Waals surface area contributed by atoms with Crippen molar-refractivity contribution in [1.82, 2.24) is 5.32 Å². The van der Waals surface area contributed by atoms with Crippen LogP contribution < -0.4 is 10.1 Å². The van der Waals surface area contributed by atoms with Gasteiger partial charge in [0.25, 0.3) is 0 Å². The molecule has 0 aliphatic carbocycles. The fourth-order valence-corrected chi connectivity index (χ4v) is 2.60. The van der Waals surface area contributed by atoms with Crippen LogP contribution >= 0.6 is 0 Å². The van der Waals surface area contributed by atoms with E-state index in [0.29, 0.717) is 12.1 Å². The molecule has 2 atom stereocenters. The van der Waals surface area contributed by atoms with E-state index in [0.717, 1.165) is 25.1 Å². The van der Waals surface area contributed by atoms with Gasteiger partial charge in [-0.2, -0.15) is 0 Å². The maximum atomic E-state index is 5.99. The zero-order valence-corrected chi connectivity index (χ0v) is 11.1. The highest BCUT2D eigenvalue weighted by Gasteiger charge is 2.32. The lowest BCUT2D eigenvalue weighted by atomic mass is 9.98. The van der Waals surface area contributed by atoms with Gasteiger partial charge in [0, 0.05) is 5.56 Å². The fraction of sp³-hybridized carbons (Fsp3) is 0.600. The van der Waals surface area contributed by atoms with Crippen LogP contribution in [0.4, 0.5) is 0 Å². The first-order valence-corrected chi connectivity index (χ1v) is 6.83. The molecule has 1 aliphatic heterocycles. The van der Waals surface area contributed by atoms with E-state index in [1.54, 1.807) is 0 Å². The van der Waals surface area contributed by atoms with Crippen molar-refractivity contribution in [3.05, 3.63) is 29.3 Å². The van der Waals surface area contributed by atoms with Gasteiger partial charge in [-0.05, 0) is 31.0 Å². The van der Waals surface area contributed by atoms with Gasteiger partial charge in [-0.3, -0.25) is 0 Å². The summed E-state index contributed by atoms with van der Waals surface area (Å²) in [4.78, 5) is 0. The van der Waals surface area contributed by atoms with Crippen molar-refractivity contribution < 1.29 is 4.74 Å². The Hall–Kier alpha value is -1.02. The molecule has 1 aliphatic rings. The van der Waals surface area contributed by atoms with Gasteiger partial charge in [-0.1, -0.05) is 39.3 Å². The van der Waals surface area contributed by atoms with Crippen LogP contribution in [-0.2, 0) is 6.42 Å². The molecule has 1 aromatic carbocycles. The minimum absolute atomic E-state index is 0.293. The first kappa shape index (κ1) is 12.4. The molecular weight excluding hydrogens is 210 g/mol. The number of fused-ring (bicyclic) bond motifs is 1. The maximum Gasteiger partial charge on any atom is 0.124 e. The Kier molecular flexibility index (Phi) is 4.06. The molecule has 2 unspecified atom stereocenters. The normalized spacial score (nSPS) is 22.3. The number of aryl methyl sites for hydroxylation is 1. The number of ether oxygens (including phenoxy) is 1. The molecule has 94 valence electrons. The number of nitrogens with one attached hydrogen (secondary N) is 1. The van der Waals surface area contributed by atoms with Crippen molar-refractivity contribution in [2.45, 2.75) is 52.2 Å². The topological polar surface area (TPSA) is 21.3 Å². The molecule has 0 radical (unpaired) electrons. The summed E-state index contributed by atoms with van der Waals surface area (Å²) in [5.41, 5.74) is 2.78. The van der Waals surface area contributed by atoms with E-state index in [4.69, 9.17) is 4.74 Å². The van der Waals surface area contributed by atoms with Crippen molar-refractivity contribution in [3.8, 4) is 5.75 Å². The molecule has 1 aromatic rings. The van der Waals surface area contributed by atoms with E-state index < -0.39 is 0 Å². The number of likely N-dealkylation sites (N-methyl/N-ethyl adjacent to an activating group) is 1. The van der Waals surface area contributed by atoms with Crippen molar-refractivity contribution in [2.75, 3.05) is 6.54 Å². The highest BCUT2D eigenvalue weighted by molar-refractivity contribution is 5.43. The number of hydrogen-bond donors (Lipinski definition) is 1. The molecule has 0 saturated heterocycles. The molecule has 2 rings (SSSR count). The van der Waals surface area contributed by atoms with Crippen LogP contribution in [0.1, 0.15) is 50.8 Å². The van der Waals surface area contributed by atoms with E-state index in [-0.39, 0.29) is 0 Å². The molecule has 0 amide bonds. The van der Waals surface area contributed by atoms with Gasteiger partial charge < -0.3 is 10.1 Å². The Labute approximate surface area is 104 Å². The molecule has 0 saturated carbocycles. The smallest absolute Gasteiger partial charge is 0.124 e. The highest BCUT2D eigenvalue weighted by atomic mass is 16.5. The first-order chi connectivity index (χ1) is 8.30. The summed E-state index contributed by atoms with van der Waals surface area (Å²) in [6.45, 7) is 7.55. The summed E-state index contributed by atoms with van der Waals surface area (Å²) in [5, 5.41) is 3.55. The monoisotopic (exact) mass is 233 g/mol. The Morgan fingerprint density at radius 1 is 1.24 bits per heavy atom. The van der Waals surface area contributed by atoms with Crippen LogP contribution in [0.5, 0.6) is 5.75 Å². The van der Waals surface area contributed by atoms with E-state index in [2.05, 4.69) is 44.3 Å². The standard InChI is InChI=1S/C15H23NO/c1-4-7-11-8-9-14-12(10-11)15(16-6-3)13(5-2)17-14/h8-10,13,15-16H,4-7H2,1-3H3. The van der Waals surface area contributed by atoms with E-state index in [9.17, 15) is 0 Å². The Bertz CT molecular complexity index is 375. The van der Waals surface area contributed by atoms with Crippen LogP contribution in [0.2, 0.25) is 0 Å². The van der Waals surface area contributed by atoms with Crippen LogP contribution in [0.25, 0.3) is 0 Å². The summed E-state index contributed by atoms with van der Waals surface area (Å²) < 4.78 is 5.99. The second-order valence-electron chi connectivity index (χ2n) is 4.72. The molecule has 2 heteroatoms. The molecule has 0 bridgehead atoms. The summed E-state index contributed by atoms with van der Waals surface area (Å²) in [6, 6.07) is 7.03. The molecule has 1 N–H and O–H groups in total. The second kappa shape index (κ2) is 5.54. The Morgan fingerprint density at radius 2 is 2.06 bits per heavy atom. The third-order valence-electron chi connectivity index (χ3n) is 3.42. The summed E-state index contributed by atoms with van der Waals surface area (Å²) in [7, 11) is 0. The quantitative estimate of drug-likeness (QED) is 0.841. The highest BCUT2D eigenvalue weighted by Crippen LogP contribution is 2.38. The Balaban J connectivity index is 2.27. The molecular formula is C15H23NO. The van der Waals surface area contributed by atoms with Crippen molar-refractivity contribution in [2.24, 2.45) is 0 Å². The van der Waals surface area contributed by atoms with Gasteiger partial charge in [-0.15, -0.1) is 0 Å². The second-order valence-corrected chi connectivity index (χ2v) is 4.72. The van der Waals surface area contributed by atoms with Gasteiger partial charge in [0.1, 0.15) is 11.9 Å². The van der Waals surface area contributed by atoms with Crippen molar-refractivity contribution in [1.29, 1.82) is 0 Å². The van der Waals surface area contributed by atoms with Crippen LogP contribution in [0.3, 0.4) is 0 Å². The maximum absolute atomic E-state index is 5.99.